The van der Waals surface area contributed by atoms with E-state index in [1.807, 2.05) is 6.92 Å². The van der Waals surface area contributed by atoms with E-state index in [1.165, 1.54) is 5.92 Å². The molecule has 0 aromatic heterocycles. The van der Waals surface area contributed by atoms with Gasteiger partial charge in [-0.25, -0.2) is 0 Å². The van der Waals surface area contributed by atoms with Crippen molar-refractivity contribution in [2.24, 2.45) is 0 Å². The van der Waals surface area contributed by atoms with Crippen LogP contribution >= 0.6 is 0 Å². The fraction of sp³-hybridized carbons (Fsp3) is 0.643. The molecule has 5 radical (unpaired) electrons. The SMILES string of the molecule is C[C@@H]1N[C@@H](CNCCC[C]2[CH][CH][CH][CH]2)[C@H](O)[C@@H]1O. The topological polar surface area (TPSA) is 64.5 Å². The summed E-state index contributed by atoms with van der Waals surface area (Å²) in [6, 6.07) is -0.0787. The zero-order valence-corrected chi connectivity index (χ0v) is 10.8. The Morgan fingerprint density at radius 2 is 1.94 bits per heavy atom. The Morgan fingerprint density at radius 1 is 1.22 bits per heavy atom. The third-order valence-electron chi connectivity index (χ3n) is 3.67. The van der Waals surface area contributed by atoms with Gasteiger partial charge in [-0.05, 0) is 57.9 Å². The molecule has 4 nitrogen and oxygen atoms in total. The van der Waals surface area contributed by atoms with Crippen molar-refractivity contribution in [3.05, 3.63) is 31.6 Å². The van der Waals surface area contributed by atoms with Gasteiger partial charge in [-0.2, -0.15) is 0 Å². The van der Waals surface area contributed by atoms with Gasteiger partial charge in [0.05, 0.1) is 12.2 Å². The van der Waals surface area contributed by atoms with Crippen LogP contribution in [0.1, 0.15) is 19.8 Å². The zero-order chi connectivity index (χ0) is 13.0. The summed E-state index contributed by atoms with van der Waals surface area (Å²) in [4.78, 5) is 0. The lowest BCUT2D eigenvalue weighted by atomic mass is 10.0. The van der Waals surface area contributed by atoms with E-state index in [9.17, 15) is 10.2 Å². The molecule has 1 saturated carbocycles. The van der Waals surface area contributed by atoms with E-state index >= 15 is 0 Å². The standard InChI is InChI=1S/C14H23N2O2/c1-10-13(17)14(18)12(16-10)9-15-8-4-7-11-5-2-3-6-11/h2-3,5-6,10,12-18H,4,7-9H2,1H3/t10-,12-,13+,14-/m0/s1. The van der Waals surface area contributed by atoms with Gasteiger partial charge in [-0.1, -0.05) is 0 Å². The molecule has 0 unspecified atom stereocenters. The molecule has 0 spiro atoms. The highest BCUT2D eigenvalue weighted by molar-refractivity contribution is 5.34. The van der Waals surface area contributed by atoms with Gasteiger partial charge in [0.1, 0.15) is 0 Å². The minimum absolute atomic E-state index is 0.0314. The molecule has 2 fully saturated rings. The lowest BCUT2D eigenvalue weighted by molar-refractivity contribution is 0.0304. The fourth-order valence-corrected chi connectivity index (χ4v) is 2.50. The van der Waals surface area contributed by atoms with E-state index in [1.54, 1.807) is 0 Å². The van der Waals surface area contributed by atoms with Crippen molar-refractivity contribution in [3.8, 4) is 0 Å². The Hall–Kier alpha value is -0.160. The average molecular weight is 251 g/mol. The monoisotopic (exact) mass is 251 g/mol. The third-order valence-corrected chi connectivity index (χ3v) is 3.67. The quantitative estimate of drug-likeness (QED) is 0.496. The number of hydrogen-bond donors (Lipinski definition) is 4. The summed E-state index contributed by atoms with van der Waals surface area (Å²) in [5.41, 5.74) is 0. The van der Waals surface area contributed by atoms with Crippen LogP contribution < -0.4 is 10.6 Å². The first-order chi connectivity index (χ1) is 8.68. The van der Waals surface area contributed by atoms with Gasteiger partial charge in [0, 0.05) is 18.6 Å². The largest absolute Gasteiger partial charge is 0.389 e. The van der Waals surface area contributed by atoms with Crippen LogP contribution in [0.2, 0.25) is 0 Å². The van der Waals surface area contributed by atoms with Crippen LogP contribution in [0.4, 0.5) is 0 Å². The maximum Gasteiger partial charge on any atom is 0.0979 e. The summed E-state index contributed by atoms with van der Waals surface area (Å²) in [5, 5.41) is 25.9. The molecule has 101 valence electrons. The van der Waals surface area contributed by atoms with E-state index in [0.29, 0.717) is 6.54 Å². The van der Waals surface area contributed by atoms with E-state index in [4.69, 9.17) is 0 Å². The van der Waals surface area contributed by atoms with Crippen molar-refractivity contribution in [3.63, 3.8) is 0 Å². The van der Waals surface area contributed by atoms with E-state index in [2.05, 4.69) is 36.3 Å². The summed E-state index contributed by atoms with van der Waals surface area (Å²) in [7, 11) is 0. The third kappa shape index (κ3) is 3.67. The molecule has 2 aliphatic rings. The van der Waals surface area contributed by atoms with Gasteiger partial charge in [-0.3, -0.25) is 0 Å². The minimum Gasteiger partial charge on any atom is -0.389 e. The first kappa shape index (κ1) is 14.3. The molecule has 4 heteroatoms. The fourth-order valence-electron chi connectivity index (χ4n) is 2.50. The van der Waals surface area contributed by atoms with Gasteiger partial charge in [0.25, 0.3) is 0 Å². The molecule has 4 N–H and O–H groups in total. The maximum absolute atomic E-state index is 9.78. The predicted molar refractivity (Wildman–Crippen MR) is 70.9 cm³/mol. The smallest absolute Gasteiger partial charge is 0.0979 e. The van der Waals surface area contributed by atoms with Crippen LogP contribution in [0.15, 0.2) is 0 Å². The molecule has 2 rings (SSSR count). The molecule has 1 aliphatic carbocycles. The predicted octanol–water partition coefficient (Wildman–Crippen LogP) is -0.156. The summed E-state index contributed by atoms with van der Waals surface area (Å²) < 4.78 is 0. The van der Waals surface area contributed by atoms with Crippen LogP contribution in [0, 0.1) is 31.6 Å². The van der Waals surface area contributed by atoms with E-state index in [0.717, 1.165) is 19.4 Å². The van der Waals surface area contributed by atoms with Gasteiger partial charge >= 0.3 is 0 Å². The summed E-state index contributed by atoms with van der Waals surface area (Å²) in [6.45, 7) is 3.52. The van der Waals surface area contributed by atoms with Gasteiger partial charge in [0.2, 0.25) is 0 Å². The normalized spacial score (nSPS) is 37.5. The molecule has 0 aromatic carbocycles. The summed E-state index contributed by atoms with van der Waals surface area (Å²) in [6.07, 6.45) is 9.25. The van der Waals surface area contributed by atoms with E-state index < -0.39 is 12.2 Å². The number of rotatable bonds is 6. The molecule has 18 heavy (non-hydrogen) atoms. The highest BCUT2D eigenvalue weighted by Gasteiger charge is 2.37. The molecular weight excluding hydrogens is 228 g/mol. The van der Waals surface area contributed by atoms with Crippen LogP contribution in [0.5, 0.6) is 0 Å². The molecule has 0 amide bonds. The van der Waals surface area contributed by atoms with E-state index in [-0.39, 0.29) is 12.1 Å². The second-order valence-electron chi connectivity index (χ2n) is 5.14. The number of aliphatic hydroxyl groups is 2. The van der Waals surface area contributed by atoms with Crippen molar-refractivity contribution in [1.82, 2.24) is 10.6 Å². The highest BCUT2D eigenvalue weighted by atomic mass is 16.3. The maximum atomic E-state index is 9.78. The molecule has 0 aromatic rings. The number of nitrogens with one attached hydrogen (secondary N) is 2. The van der Waals surface area contributed by atoms with Crippen LogP contribution in [0.3, 0.4) is 0 Å². The van der Waals surface area contributed by atoms with Gasteiger partial charge < -0.3 is 20.8 Å². The van der Waals surface area contributed by atoms with Crippen LogP contribution in [0.25, 0.3) is 0 Å². The van der Waals surface area contributed by atoms with Crippen LogP contribution in [-0.4, -0.2) is 47.6 Å². The lowest BCUT2D eigenvalue weighted by Crippen LogP contribution is -2.42. The lowest BCUT2D eigenvalue weighted by Gasteiger charge is -2.16. The van der Waals surface area contributed by atoms with Crippen molar-refractivity contribution >= 4 is 0 Å². The first-order valence-electron chi connectivity index (χ1n) is 6.72. The average Bonchev–Trinajstić information content (AvgIpc) is 2.95. The Bertz CT molecular complexity index is 244. The second-order valence-corrected chi connectivity index (χ2v) is 5.14. The van der Waals surface area contributed by atoms with Gasteiger partial charge in [0.15, 0.2) is 0 Å². The molecule has 1 heterocycles. The number of aliphatic hydroxyl groups excluding tert-OH is 2. The molecule has 1 saturated heterocycles. The van der Waals surface area contributed by atoms with Crippen molar-refractivity contribution in [2.45, 2.75) is 44.1 Å². The van der Waals surface area contributed by atoms with Gasteiger partial charge in [-0.15, -0.1) is 0 Å². The Labute approximate surface area is 110 Å². The second kappa shape index (κ2) is 6.85. The highest BCUT2D eigenvalue weighted by Crippen LogP contribution is 2.26. The van der Waals surface area contributed by atoms with Crippen molar-refractivity contribution < 1.29 is 10.2 Å². The Morgan fingerprint density at radius 3 is 2.56 bits per heavy atom. The Kier molecular flexibility index (Phi) is 5.42. The molecular formula is C14H23N2O2. The first-order valence-corrected chi connectivity index (χ1v) is 6.72. The zero-order valence-electron chi connectivity index (χ0n) is 10.8. The van der Waals surface area contributed by atoms with Crippen molar-refractivity contribution in [2.75, 3.05) is 13.1 Å². The summed E-state index contributed by atoms with van der Waals surface area (Å²) in [5.74, 6) is 1.37. The van der Waals surface area contributed by atoms with Crippen molar-refractivity contribution in [1.29, 1.82) is 0 Å². The number of hydrogen-bond acceptors (Lipinski definition) is 4. The molecule has 4 atom stereocenters. The molecule has 1 aliphatic heterocycles. The van der Waals surface area contributed by atoms with Crippen LogP contribution in [-0.2, 0) is 0 Å². The Balaban J connectivity index is 1.53. The molecule has 0 bridgehead atoms. The summed E-state index contributed by atoms with van der Waals surface area (Å²) >= 11 is 0. The minimum atomic E-state index is -0.664.